The number of piperidine rings is 1. The van der Waals surface area contributed by atoms with Crippen molar-refractivity contribution >= 4 is 24.9 Å². The minimum atomic E-state index is -3.93. The molecule has 0 spiro atoms. The number of benzene rings is 2. The van der Waals surface area contributed by atoms with Gasteiger partial charge in [0.1, 0.15) is 5.75 Å². The molecule has 1 fully saturated rings. The molecular weight excluding hydrogens is 443 g/mol. The van der Waals surface area contributed by atoms with Crippen LogP contribution >= 0.6 is 19.3 Å². The zero-order chi connectivity index (χ0) is 22.1. The summed E-state index contributed by atoms with van der Waals surface area (Å²) in [6, 6.07) is 19.0. The smallest absolute Gasteiger partial charge is 0.413 e. The predicted molar refractivity (Wildman–Crippen MR) is 127 cm³/mol. The maximum absolute atomic E-state index is 12.9. The third kappa shape index (κ3) is 4.26. The predicted octanol–water partition coefficient (Wildman–Crippen LogP) is 5.91. The van der Waals surface area contributed by atoms with Gasteiger partial charge in [-0.25, -0.2) is 4.57 Å². The minimum Gasteiger partial charge on any atom is -0.413 e. The highest BCUT2D eigenvalue weighted by Gasteiger charge is 2.34. The van der Waals surface area contributed by atoms with Gasteiger partial charge in [0, 0.05) is 29.9 Å². The maximum Gasteiger partial charge on any atom is 0.458 e. The van der Waals surface area contributed by atoms with Gasteiger partial charge in [-0.2, -0.15) is 4.67 Å². The first-order valence-electron chi connectivity index (χ1n) is 10.8. The number of para-hydroxylation sites is 1. The summed E-state index contributed by atoms with van der Waals surface area (Å²) in [6.07, 6.45) is 5.02. The van der Waals surface area contributed by atoms with E-state index in [0.29, 0.717) is 31.7 Å². The molecule has 1 unspecified atom stereocenters. The number of halogens is 1. The largest absolute Gasteiger partial charge is 0.458 e. The van der Waals surface area contributed by atoms with Gasteiger partial charge < -0.3 is 9.42 Å². The first-order valence-corrected chi connectivity index (χ1v) is 12.7. The van der Waals surface area contributed by atoms with E-state index >= 15 is 0 Å². The highest BCUT2D eigenvalue weighted by molar-refractivity contribution is 7.50. The van der Waals surface area contributed by atoms with Gasteiger partial charge in [-0.15, -0.1) is 0 Å². The lowest BCUT2D eigenvalue weighted by Gasteiger charge is -2.32. The Morgan fingerprint density at radius 2 is 1.69 bits per heavy atom. The van der Waals surface area contributed by atoms with Crippen molar-refractivity contribution in [1.29, 1.82) is 0 Å². The van der Waals surface area contributed by atoms with Gasteiger partial charge in [0.2, 0.25) is 0 Å². The molecule has 0 radical (unpaired) electrons. The van der Waals surface area contributed by atoms with Crippen LogP contribution in [0.4, 0.5) is 0 Å². The van der Waals surface area contributed by atoms with Crippen LogP contribution in [0.1, 0.15) is 35.2 Å². The van der Waals surface area contributed by atoms with E-state index in [0.717, 1.165) is 29.1 Å². The van der Waals surface area contributed by atoms with Gasteiger partial charge in [-0.3, -0.25) is 4.98 Å². The molecule has 0 saturated carbocycles. The van der Waals surface area contributed by atoms with Gasteiger partial charge >= 0.3 is 7.75 Å². The number of rotatable bonds is 3. The van der Waals surface area contributed by atoms with Crippen molar-refractivity contribution < 1.29 is 14.0 Å². The summed E-state index contributed by atoms with van der Waals surface area (Å²) in [5.74, 6) is 0.398. The second-order valence-corrected chi connectivity index (χ2v) is 10.3. The molecule has 32 heavy (non-hydrogen) atoms. The number of fused-ring (bicyclic) bond motifs is 2. The Kier molecular flexibility index (Phi) is 5.92. The van der Waals surface area contributed by atoms with Crippen molar-refractivity contribution in [1.82, 2.24) is 9.65 Å². The van der Waals surface area contributed by atoms with Crippen LogP contribution in [0.15, 0.2) is 72.4 Å². The lowest BCUT2D eigenvalue weighted by Crippen LogP contribution is -2.30. The van der Waals surface area contributed by atoms with E-state index < -0.39 is 7.75 Å². The second kappa shape index (κ2) is 8.84. The third-order valence-corrected chi connectivity index (χ3v) is 7.95. The van der Waals surface area contributed by atoms with E-state index in [2.05, 4.69) is 12.1 Å². The first-order chi connectivity index (χ1) is 15.5. The molecule has 1 aromatic heterocycles. The van der Waals surface area contributed by atoms with E-state index in [-0.39, 0.29) is 0 Å². The quantitative estimate of drug-likeness (QED) is 0.486. The Morgan fingerprint density at radius 3 is 2.47 bits per heavy atom. The van der Waals surface area contributed by atoms with Crippen molar-refractivity contribution in [3.05, 3.63) is 99.8 Å². The second-order valence-electron chi connectivity index (χ2n) is 8.14. The molecule has 2 aliphatic rings. The molecular formula is C25H24ClN2O3P. The molecule has 2 aromatic carbocycles. The average molecular weight is 467 g/mol. The van der Waals surface area contributed by atoms with Crippen LogP contribution in [-0.2, 0) is 17.4 Å². The van der Waals surface area contributed by atoms with Crippen molar-refractivity contribution in [2.75, 3.05) is 13.1 Å². The topological polar surface area (TPSA) is 62.7 Å². The Balaban J connectivity index is 1.47. The molecule has 1 aliphatic carbocycles. The number of aromatic nitrogens is 1. The molecule has 3 aromatic rings. The summed E-state index contributed by atoms with van der Waals surface area (Å²) in [7, 11) is -3.93. The number of hydrogen-bond acceptors (Lipinski definition) is 3. The zero-order valence-electron chi connectivity index (χ0n) is 17.6. The van der Waals surface area contributed by atoms with E-state index in [9.17, 15) is 9.46 Å². The van der Waals surface area contributed by atoms with Crippen molar-refractivity contribution in [3.8, 4) is 5.75 Å². The van der Waals surface area contributed by atoms with Gasteiger partial charge in [0.05, 0.1) is 5.69 Å². The van der Waals surface area contributed by atoms with Crippen molar-refractivity contribution in [2.45, 2.75) is 25.7 Å². The SMILES string of the molecule is O=P(O)(Oc1ccccc1)N1CCC(=C2c3ccc(Cl)cc3CCc3cccnc32)CC1. The van der Waals surface area contributed by atoms with Crippen LogP contribution in [0.2, 0.25) is 5.02 Å². The monoisotopic (exact) mass is 466 g/mol. The summed E-state index contributed by atoms with van der Waals surface area (Å²) < 4.78 is 19.9. The minimum absolute atomic E-state index is 0.398. The molecule has 164 valence electrons. The van der Waals surface area contributed by atoms with Crippen LogP contribution < -0.4 is 4.52 Å². The average Bonchev–Trinajstić information content (AvgIpc) is 2.96. The lowest BCUT2D eigenvalue weighted by molar-refractivity contribution is 0.267. The Bertz CT molecular complexity index is 1220. The molecule has 5 nitrogen and oxygen atoms in total. The molecule has 1 saturated heterocycles. The van der Waals surface area contributed by atoms with Crippen LogP contribution in [0, 0.1) is 0 Å². The summed E-state index contributed by atoms with van der Waals surface area (Å²) >= 11 is 6.30. The summed E-state index contributed by atoms with van der Waals surface area (Å²) in [4.78, 5) is 15.3. The summed E-state index contributed by atoms with van der Waals surface area (Å²) in [5, 5.41) is 0.737. The Labute approximate surface area is 192 Å². The van der Waals surface area contributed by atoms with Gasteiger partial charge in [0.25, 0.3) is 0 Å². The summed E-state index contributed by atoms with van der Waals surface area (Å²) in [6.45, 7) is 0.898. The fourth-order valence-corrected chi connectivity index (χ4v) is 5.99. The van der Waals surface area contributed by atoms with Crippen LogP contribution in [-0.4, -0.2) is 27.6 Å². The lowest BCUT2D eigenvalue weighted by atomic mass is 9.89. The molecule has 1 atom stereocenters. The van der Waals surface area contributed by atoms with E-state index in [4.69, 9.17) is 21.1 Å². The Hall–Kier alpha value is -2.43. The van der Waals surface area contributed by atoms with E-state index in [1.54, 1.807) is 28.9 Å². The number of nitrogens with zero attached hydrogens (tertiary/aromatic N) is 2. The van der Waals surface area contributed by atoms with E-state index in [1.807, 2.05) is 30.5 Å². The fraction of sp³-hybridized carbons (Fsp3) is 0.240. The van der Waals surface area contributed by atoms with Crippen LogP contribution in [0.25, 0.3) is 5.57 Å². The maximum atomic E-state index is 12.9. The summed E-state index contributed by atoms with van der Waals surface area (Å²) in [5.41, 5.74) is 7.05. The Morgan fingerprint density at radius 1 is 0.938 bits per heavy atom. The number of hydrogen-bond donors (Lipinski definition) is 1. The molecule has 1 aliphatic heterocycles. The number of aryl methyl sites for hydroxylation is 2. The molecule has 0 amide bonds. The normalized spacial score (nSPS) is 18.3. The molecule has 2 heterocycles. The van der Waals surface area contributed by atoms with Crippen molar-refractivity contribution in [2.24, 2.45) is 0 Å². The standard InChI is InChI=1S/C25H24ClN2O3P/c26-21-10-11-23-20(17-21)9-8-19-5-4-14-27-25(19)24(23)18-12-15-28(16-13-18)32(29,30)31-22-6-2-1-3-7-22/h1-7,10-11,14,17H,8-9,12-13,15-16H2,(H,29,30). The third-order valence-electron chi connectivity index (χ3n) is 6.15. The van der Waals surface area contributed by atoms with Gasteiger partial charge in [-0.1, -0.05) is 47.5 Å². The fourth-order valence-electron chi connectivity index (χ4n) is 4.58. The van der Waals surface area contributed by atoms with Crippen LogP contribution in [0.5, 0.6) is 5.75 Å². The highest BCUT2D eigenvalue weighted by atomic mass is 35.5. The molecule has 5 rings (SSSR count). The zero-order valence-corrected chi connectivity index (χ0v) is 19.2. The van der Waals surface area contributed by atoms with E-state index in [1.165, 1.54) is 22.3 Å². The van der Waals surface area contributed by atoms with Gasteiger partial charge in [-0.05, 0) is 72.7 Å². The van der Waals surface area contributed by atoms with Crippen LogP contribution in [0.3, 0.4) is 0 Å². The molecule has 1 N–H and O–H groups in total. The van der Waals surface area contributed by atoms with Crippen molar-refractivity contribution in [3.63, 3.8) is 0 Å². The molecule has 0 bridgehead atoms. The van der Waals surface area contributed by atoms with Gasteiger partial charge in [0.15, 0.2) is 0 Å². The first kappa shape index (κ1) is 21.4. The molecule has 7 heteroatoms. The highest BCUT2D eigenvalue weighted by Crippen LogP contribution is 2.49. The number of pyridine rings is 1.